The van der Waals surface area contributed by atoms with E-state index in [0.717, 1.165) is 17.1 Å². The topological polar surface area (TPSA) is 75.4 Å². The lowest BCUT2D eigenvalue weighted by atomic mass is 10.2. The van der Waals surface area contributed by atoms with Crippen molar-refractivity contribution in [3.05, 3.63) is 35.7 Å². The average molecular weight is 345 g/mol. The molecule has 0 saturated heterocycles. The third kappa shape index (κ3) is 3.31. The molecule has 1 aliphatic heterocycles. The molecular formula is C17H19N3O3S. The number of benzene rings is 1. The van der Waals surface area contributed by atoms with Gasteiger partial charge in [0.05, 0.1) is 22.8 Å². The van der Waals surface area contributed by atoms with Gasteiger partial charge in [-0.05, 0) is 32.9 Å². The van der Waals surface area contributed by atoms with E-state index in [0.29, 0.717) is 10.9 Å². The zero-order chi connectivity index (χ0) is 17.3. The molecule has 0 radical (unpaired) electrons. The number of oxazole rings is 1. The number of nitrogens with zero attached hydrogens (tertiary/aromatic N) is 2. The molecule has 3 rings (SSSR count). The highest BCUT2D eigenvalue weighted by Gasteiger charge is 2.29. The Hall–Kier alpha value is -2.28. The van der Waals surface area contributed by atoms with E-state index < -0.39 is 0 Å². The molecule has 7 heteroatoms. The number of nitrogens with one attached hydrogen (secondary N) is 1. The number of fused-ring (bicyclic) bond motifs is 1. The Kier molecular flexibility index (Phi) is 4.62. The van der Waals surface area contributed by atoms with Crippen LogP contribution >= 0.6 is 11.8 Å². The molecule has 1 aliphatic rings. The van der Waals surface area contributed by atoms with Crippen LogP contribution in [0.4, 0.5) is 11.4 Å². The van der Waals surface area contributed by atoms with E-state index in [-0.39, 0.29) is 30.0 Å². The van der Waals surface area contributed by atoms with Crippen LogP contribution in [-0.4, -0.2) is 28.6 Å². The first-order valence-corrected chi connectivity index (χ1v) is 8.72. The van der Waals surface area contributed by atoms with Crippen molar-refractivity contribution in [2.24, 2.45) is 0 Å². The largest absolute Gasteiger partial charge is 0.437 e. The van der Waals surface area contributed by atoms with E-state index >= 15 is 0 Å². The van der Waals surface area contributed by atoms with Crippen molar-refractivity contribution in [2.45, 2.75) is 38.5 Å². The minimum Gasteiger partial charge on any atom is -0.437 e. The number of thioether (sulfide) groups is 1. The van der Waals surface area contributed by atoms with Gasteiger partial charge in [0.15, 0.2) is 0 Å². The second-order valence-electron chi connectivity index (χ2n) is 5.79. The normalized spacial score (nSPS) is 17.2. The summed E-state index contributed by atoms with van der Waals surface area (Å²) in [6.45, 7) is 5.59. The first-order chi connectivity index (χ1) is 11.5. The van der Waals surface area contributed by atoms with Gasteiger partial charge in [0.25, 0.3) is 5.22 Å². The van der Waals surface area contributed by atoms with Crippen LogP contribution in [-0.2, 0) is 9.59 Å². The number of amides is 2. The first kappa shape index (κ1) is 16.6. The molecule has 0 aliphatic carbocycles. The van der Waals surface area contributed by atoms with Gasteiger partial charge in [-0.25, -0.2) is 4.98 Å². The molecule has 1 aromatic carbocycles. The first-order valence-electron chi connectivity index (χ1n) is 7.73. The Bertz CT molecular complexity index is 768. The van der Waals surface area contributed by atoms with Gasteiger partial charge in [0.1, 0.15) is 5.76 Å². The number of rotatable bonds is 3. The van der Waals surface area contributed by atoms with Crippen molar-refractivity contribution in [1.29, 1.82) is 0 Å². The molecule has 0 spiro atoms. The SMILES string of the molecule is Cc1nc(SCC(=O)N2c3ccccc3NC(=O)C[C@H]2C)oc1C. The lowest BCUT2D eigenvalue weighted by Gasteiger charge is -2.27. The van der Waals surface area contributed by atoms with Crippen LogP contribution in [0.15, 0.2) is 33.9 Å². The molecule has 0 saturated carbocycles. The van der Waals surface area contributed by atoms with Gasteiger partial charge in [0.2, 0.25) is 11.8 Å². The summed E-state index contributed by atoms with van der Waals surface area (Å²) < 4.78 is 5.50. The number of para-hydroxylation sites is 2. The van der Waals surface area contributed by atoms with Crippen LogP contribution in [0.5, 0.6) is 0 Å². The molecule has 24 heavy (non-hydrogen) atoms. The van der Waals surface area contributed by atoms with Gasteiger partial charge < -0.3 is 14.6 Å². The Morgan fingerprint density at radius 3 is 2.88 bits per heavy atom. The fraction of sp³-hybridized carbons (Fsp3) is 0.353. The minimum absolute atomic E-state index is 0.0787. The third-order valence-corrected chi connectivity index (χ3v) is 4.77. The van der Waals surface area contributed by atoms with Crippen molar-refractivity contribution in [1.82, 2.24) is 4.98 Å². The second kappa shape index (κ2) is 6.68. The van der Waals surface area contributed by atoms with Crippen molar-refractivity contribution in [3.63, 3.8) is 0 Å². The summed E-state index contributed by atoms with van der Waals surface area (Å²) >= 11 is 1.27. The van der Waals surface area contributed by atoms with E-state index in [1.165, 1.54) is 11.8 Å². The van der Waals surface area contributed by atoms with Crippen molar-refractivity contribution >= 4 is 35.0 Å². The van der Waals surface area contributed by atoms with Gasteiger partial charge >= 0.3 is 0 Å². The molecular weight excluding hydrogens is 326 g/mol. The summed E-state index contributed by atoms with van der Waals surface area (Å²) in [4.78, 5) is 30.7. The maximum Gasteiger partial charge on any atom is 0.256 e. The smallest absolute Gasteiger partial charge is 0.256 e. The summed E-state index contributed by atoms with van der Waals surface area (Å²) in [6, 6.07) is 7.14. The molecule has 1 atom stereocenters. The van der Waals surface area contributed by atoms with Crippen LogP contribution in [0.1, 0.15) is 24.8 Å². The maximum absolute atomic E-state index is 12.8. The van der Waals surface area contributed by atoms with Crippen LogP contribution < -0.4 is 10.2 Å². The second-order valence-corrected chi connectivity index (χ2v) is 6.72. The van der Waals surface area contributed by atoms with Gasteiger partial charge in [0, 0.05) is 12.5 Å². The number of anilines is 2. The standard InChI is InChI=1S/C17H19N3O3S/c1-10-8-15(21)19-13-6-4-5-7-14(13)20(10)16(22)9-24-17-18-11(2)12(3)23-17/h4-7,10H,8-9H2,1-3H3,(H,19,21)/t10-/m1/s1. The highest BCUT2D eigenvalue weighted by atomic mass is 32.2. The predicted molar refractivity (Wildman–Crippen MR) is 93.3 cm³/mol. The number of hydrogen-bond acceptors (Lipinski definition) is 5. The van der Waals surface area contributed by atoms with E-state index in [1.807, 2.05) is 39.0 Å². The van der Waals surface area contributed by atoms with Gasteiger partial charge in [-0.3, -0.25) is 9.59 Å². The van der Waals surface area contributed by atoms with E-state index in [4.69, 9.17) is 4.42 Å². The summed E-state index contributed by atoms with van der Waals surface area (Å²) in [6.07, 6.45) is 0.266. The number of carbonyl (C=O) groups is 2. The zero-order valence-corrected chi connectivity index (χ0v) is 14.6. The summed E-state index contributed by atoms with van der Waals surface area (Å²) in [5, 5.41) is 3.34. The molecule has 1 aromatic heterocycles. The Labute approximate surface area is 144 Å². The number of carbonyl (C=O) groups excluding carboxylic acids is 2. The summed E-state index contributed by atoms with van der Waals surface area (Å²) in [5.41, 5.74) is 2.21. The molecule has 0 bridgehead atoms. The van der Waals surface area contributed by atoms with Gasteiger partial charge in [-0.1, -0.05) is 23.9 Å². The van der Waals surface area contributed by atoms with E-state index in [2.05, 4.69) is 10.3 Å². The van der Waals surface area contributed by atoms with Crippen LogP contribution in [0, 0.1) is 13.8 Å². The summed E-state index contributed by atoms with van der Waals surface area (Å²) in [5.74, 6) is 0.793. The van der Waals surface area contributed by atoms with Crippen molar-refractivity contribution in [2.75, 3.05) is 16.0 Å². The van der Waals surface area contributed by atoms with E-state index in [9.17, 15) is 9.59 Å². The Morgan fingerprint density at radius 1 is 1.42 bits per heavy atom. The summed E-state index contributed by atoms with van der Waals surface area (Å²) in [7, 11) is 0. The molecule has 1 N–H and O–H groups in total. The Balaban J connectivity index is 1.81. The fourth-order valence-electron chi connectivity index (χ4n) is 2.67. The van der Waals surface area contributed by atoms with Gasteiger partial charge in [-0.15, -0.1) is 0 Å². The predicted octanol–water partition coefficient (Wildman–Crippen LogP) is 3.15. The number of aryl methyl sites for hydroxylation is 2. The monoisotopic (exact) mass is 345 g/mol. The lowest BCUT2D eigenvalue weighted by molar-refractivity contribution is -0.117. The molecule has 126 valence electrons. The molecule has 2 aromatic rings. The molecule has 6 nitrogen and oxygen atoms in total. The van der Waals surface area contributed by atoms with Crippen molar-refractivity contribution < 1.29 is 14.0 Å². The highest BCUT2D eigenvalue weighted by Crippen LogP contribution is 2.32. The van der Waals surface area contributed by atoms with E-state index in [1.54, 1.807) is 11.0 Å². The number of aromatic nitrogens is 1. The average Bonchev–Trinajstić information content (AvgIpc) is 2.78. The molecule has 0 unspecified atom stereocenters. The van der Waals surface area contributed by atoms with Gasteiger partial charge in [-0.2, -0.15) is 0 Å². The molecule has 2 heterocycles. The van der Waals surface area contributed by atoms with Crippen LogP contribution in [0.3, 0.4) is 0 Å². The number of hydrogen-bond donors (Lipinski definition) is 1. The highest BCUT2D eigenvalue weighted by molar-refractivity contribution is 7.99. The fourth-order valence-corrected chi connectivity index (χ4v) is 3.44. The minimum atomic E-state index is -0.213. The zero-order valence-electron chi connectivity index (χ0n) is 13.8. The maximum atomic E-state index is 12.8. The van der Waals surface area contributed by atoms with Crippen LogP contribution in [0.2, 0.25) is 0 Å². The quantitative estimate of drug-likeness (QED) is 0.865. The van der Waals surface area contributed by atoms with Crippen molar-refractivity contribution in [3.8, 4) is 0 Å². The molecule has 0 fully saturated rings. The lowest BCUT2D eigenvalue weighted by Crippen LogP contribution is -2.40. The third-order valence-electron chi connectivity index (χ3n) is 3.96. The Morgan fingerprint density at radius 2 is 2.17 bits per heavy atom. The van der Waals surface area contributed by atoms with Crippen LogP contribution in [0.25, 0.3) is 0 Å². The molecule has 2 amide bonds.